The molecule has 0 spiro atoms. The van der Waals surface area contributed by atoms with E-state index in [1.807, 2.05) is 17.5 Å². The first-order chi connectivity index (χ1) is 6.77. The summed E-state index contributed by atoms with van der Waals surface area (Å²) in [6.07, 6.45) is 0. The van der Waals surface area contributed by atoms with Crippen LogP contribution in [0.1, 0.15) is 11.1 Å². The summed E-state index contributed by atoms with van der Waals surface area (Å²) in [6, 6.07) is 5.98. The molecule has 0 unspecified atom stereocenters. The average Bonchev–Trinajstić information content (AvgIpc) is 2.68. The molecule has 0 aliphatic carbocycles. The van der Waals surface area contributed by atoms with E-state index in [0.717, 1.165) is 20.1 Å². The highest BCUT2D eigenvalue weighted by Crippen LogP contribution is 2.34. The molecule has 70 valence electrons. The highest BCUT2D eigenvalue weighted by Gasteiger charge is 2.10. The van der Waals surface area contributed by atoms with Gasteiger partial charge in [0.25, 0.3) is 0 Å². The summed E-state index contributed by atoms with van der Waals surface area (Å²) in [5.74, 6) is 0.420. The van der Waals surface area contributed by atoms with Crippen molar-refractivity contribution in [1.82, 2.24) is 0 Å². The van der Waals surface area contributed by atoms with Gasteiger partial charge in [-0.3, -0.25) is 0 Å². The molecule has 2 rings (SSSR count). The summed E-state index contributed by atoms with van der Waals surface area (Å²) in [5.41, 5.74) is 1.67. The van der Waals surface area contributed by atoms with Gasteiger partial charge in [0, 0.05) is 15.7 Å². The molecule has 1 aromatic heterocycles. The Labute approximate surface area is 99.0 Å². The van der Waals surface area contributed by atoms with E-state index in [9.17, 15) is 0 Å². The Bertz CT molecular complexity index is 527. The quantitative estimate of drug-likeness (QED) is 0.718. The van der Waals surface area contributed by atoms with Gasteiger partial charge in [-0.05, 0) is 39.0 Å². The minimum atomic E-state index is 0.420. The third-order valence-corrected chi connectivity index (χ3v) is 4.41. The number of alkyl halides is 1. The van der Waals surface area contributed by atoms with Crippen molar-refractivity contribution >= 4 is 49.0 Å². The smallest absolute Gasteiger partial charge is 0.0998 e. The Morgan fingerprint density at radius 1 is 1.57 bits per heavy atom. The Balaban J connectivity index is 2.89. The van der Waals surface area contributed by atoms with Gasteiger partial charge >= 0.3 is 0 Å². The number of nitrogens with zero attached hydrogens (tertiary/aromatic N) is 1. The SMILES string of the molecule is N#Cc1cc(CCl)c(Br)c2sccc12. The molecule has 0 saturated carbocycles. The lowest BCUT2D eigenvalue weighted by atomic mass is 10.1. The first-order valence-corrected chi connectivity index (χ1v) is 6.13. The molecule has 1 aromatic carbocycles. The van der Waals surface area contributed by atoms with Gasteiger partial charge in [0.05, 0.1) is 16.3 Å². The minimum Gasteiger partial charge on any atom is -0.192 e. The van der Waals surface area contributed by atoms with Crippen LogP contribution in [0.25, 0.3) is 10.1 Å². The fraction of sp³-hybridized carbons (Fsp3) is 0.100. The molecular weight excluding hydrogens is 282 g/mol. The number of halogens is 2. The highest BCUT2D eigenvalue weighted by atomic mass is 79.9. The van der Waals surface area contributed by atoms with Crippen molar-refractivity contribution in [1.29, 1.82) is 5.26 Å². The molecule has 0 amide bonds. The Morgan fingerprint density at radius 3 is 3.00 bits per heavy atom. The molecule has 14 heavy (non-hydrogen) atoms. The van der Waals surface area contributed by atoms with Crippen LogP contribution in [0.15, 0.2) is 22.0 Å². The maximum atomic E-state index is 8.96. The van der Waals surface area contributed by atoms with Crippen LogP contribution in [0, 0.1) is 11.3 Å². The molecule has 0 aliphatic heterocycles. The minimum absolute atomic E-state index is 0.420. The van der Waals surface area contributed by atoms with Crippen LogP contribution in [0.2, 0.25) is 0 Å². The van der Waals surface area contributed by atoms with Gasteiger partial charge in [-0.2, -0.15) is 5.26 Å². The van der Waals surface area contributed by atoms with Crippen LogP contribution in [-0.2, 0) is 5.88 Å². The van der Waals surface area contributed by atoms with E-state index in [1.54, 1.807) is 11.3 Å². The maximum absolute atomic E-state index is 8.96. The van der Waals surface area contributed by atoms with Gasteiger partial charge in [0.1, 0.15) is 0 Å². The number of nitriles is 1. The van der Waals surface area contributed by atoms with Gasteiger partial charge in [-0.15, -0.1) is 22.9 Å². The zero-order valence-corrected chi connectivity index (χ0v) is 10.2. The Hall–Kier alpha value is -0.560. The van der Waals surface area contributed by atoms with E-state index in [-0.39, 0.29) is 0 Å². The number of fused-ring (bicyclic) bond motifs is 1. The lowest BCUT2D eigenvalue weighted by Gasteiger charge is -2.03. The first-order valence-electron chi connectivity index (χ1n) is 3.92. The van der Waals surface area contributed by atoms with Crippen molar-refractivity contribution < 1.29 is 0 Å². The molecule has 4 heteroatoms. The summed E-state index contributed by atoms with van der Waals surface area (Å²) in [5, 5.41) is 11.9. The molecule has 0 bridgehead atoms. The number of thiophene rings is 1. The summed E-state index contributed by atoms with van der Waals surface area (Å²) >= 11 is 10.9. The van der Waals surface area contributed by atoms with Gasteiger partial charge in [0.15, 0.2) is 0 Å². The third kappa shape index (κ3) is 1.44. The second-order valence-corrected chi connectivity index (χ2v) is 4.78. The normalized spacial score (nSPS) is 10.4. The molecule has 1 heterocycles. The largest absolute Gasteiger partial charge is 0.192 e. The van der Waals surface area contributed by atoms with E-state index in [0.29, 0.717) is 11.4 Å². The van der Waals surface area contributed by atoms with Crippen LogP contribution >= 0.6 is 38.9 Å². The van der Waals surface area contributed by atoms with Crippen molar-refractivity contribution in [2.45, 2.75) is 5.88 Å². The van der Waals surface area contributed by atoms with Gasteiger partial charge < -0.3 is 0 Å². The maximum Gasteiger partial charge on any atom is 0.0998 e. The molecule has 0 atom stereocenters. The first kappa shape index (κ1) is 9.97. The van der Waals surface area contributed by atoms with E-state index in [4.69, 9.17) is 16.9 Å². The van der Waals surface area contributed by atoms with Crippen LogP contribution in [0.5, 0.6) is 0 Å². The fourth-order valence-electron chi connectivity index (χ4n) is 1.34. The number of hydrogen-bond donors (Lipinski definition) is 0. The third-order valence-electron chi connectivity index (χ3n) is 2.02. The summed E-state index contributed by atoms with van der Waals surface area (Å²) in [6.45, 7) is 0. The van der Waals surface area contributed by atoms with Gasteiger partial charge in [-0.1, -0.05) is 0 Å². The van der Waals surface area contributed by atoms with Crippen molar-refractivity contribution in [2.75, 3.05) is 0 Å². The molecule has 0 aliphatic rings. The van der Waals surface area contributed by atoms with Gasteiger partial charge in [0.2, 0.25) is 0 Å². The standard InChI is InChI=1S/C10H5BrClNS/c11-9-6(4-12)3-7(5-13)8-1-2-14-10(8)9/h1-3H,4H2. The van der Waals surface area contributed by atoms with Crippen LogP contribution < -0.4 is 0 Å². The number of rotatable bonds is 1. The number of benzene rings is 1. The average molecular weight is 287 g/mol. The van der Waals surface area contributed by atoms with Crippen molar-refractivity contribution in [3.63, 3.8) is 0 Å². The molecule has 0 saturated heterocycles. The lowest BCUT2D eigenvalue weighted by Crippen LogP contribution is -1.84. The van der Waals surface area contributed by atoms with Crippen LogP contribution in [-0.4, -0.2) is 0 Å². The molecule has 1 nitrogen and oxygen atoms in total. The van der Waals surface area contributed by atoms with Crippen LogP contribution in [0.3, 0.4) is 0 Å². The molecular formula is C10H5BrClNS. The second-order valence-electron chi connectivity index (χ2n) is 2.81. The summed E-state index contributed by atoms with van der Waals surface area (Å²) in [4.78, 5) is 0. The van der Waals surface area contributed by atoms with Crippen molar-refractivity contribution in [2.24, 2.45) is 0 Å². The second kappa shape index (κ2) is 3.90. The predicted molar refractivity (Wildman–Crippen MR) is 63.8 cm³/mol. The topological polar surface area (TPSA) is 23.8 Å². The van der Waals surface area contributed by atoms with E-state index < -0.39 is 0 Å². The zero-order valence-electron chi connectivity index (χ0n) is 7.05. The zero-order chi connectivity index (χ0) is 10.1. The lowest BCUT2D eigenvalue weighted by molar-refractivity contribution is 1.38. The summed E-state index contributed by atoms with van der Waals surface area (Å²) < 4.78 is 2.11. The monoisotopic (exact) mass is 285 g/mol. The van der Waals surface area contributed by atoms with Crippen LogP contribution in [0.4, 0.5) is 0 Å². The fourth-order valence-corrected chi connectivity index (χ4v) is 3.34. The van der Waals surface area contributed by atoms with Gasteiger partial charge in [-0.25, -0.2) is 0 Å². The highest BCUT2D eigenvalue weighted by molar-refractivity contribution is 9.10. The molecule has 2 aromatic rings. The van der Waals surface area contributed by atoms with E-state index >= 15 is 0 Å². The van der Waals surface area contributed by atoms with E-state index in [2.05, 4.69) is 22.0 Å². The molecule has 0 fully saturated rings. The predicted octanol–water partition coefficient (Wildman–Crippen LogP) is 4.27. The Kier molecular flexibility index (Phi) is 2.78. The summed E-state index contributed by atoms with van der Waals surface area (Å²) in [7, 11) is 0. The van der Waals surface area contributed by atoms with E-state index in [1.165, 1.54) is 0 Å². The van der Waals surface area contributed by atoms with Crippen molar-refractivity contribution in [3.05, 3.63) is 33.1 Å². The molecule has 0 N–H and O–H groups in total. The number of hydrogen-bond acceptors (Lipinski definition) is 2. The Morgan fingerprint density at radius 2 is 2.36 bits per heavy atom. The molecule has 0 radical (unpaired) electrons. The van der Waals surface area contributed by atoms with Crippen molar-refractivity contribution in [3.8, 4) is 6.07 Å².